The normalized spacial score (nSPS) is 10.0. The predicted molar refractivity (Wildman–Crippen MR) is 98.5 cm³/mol. The van der Waals surface area contributed by atoms with Crippen LogP contribution in [0.4, 0.5) is 5.69 Å². The minimum Gasteiger partial charge on any atom is -0.497 e. The van der Waals surface area contributed by atoms with Gasteiger partial charge in [0.2, 0.25) is 0 Å². The number of nitrogens with one attached hydrogen (secondary N) is 2. The maximum absolute atomic E-state index is 5.43. The smallest absolute Gasteiger partial charge is 0.170 e. The molecular formula is C18H22N2O2S. The van der Waals surface area contributed by atoms with Crippen LogP contribution in [0, 0.1) is 0 Å². The van der Waals surface area contributed by atoms with Crippen molar-refractivity contribution in [3.8, 4) is 11.5 Å². The highest BCUT2D eigenvalue weighted by Gasteiger charge is 2.00. The largest absolute Gasteiger partial charge is 0.497 e. The van der Waals surface area contributed by atoms with Gasteiger partial charge in [-0.3, -0.25) is 0 Å². The third-order valence-corrected chi connectivity index (χ3v) is 3.51. The van der Waals surface area contributed by atoms with Crippen molar-refractivity contribution in [3.05, 3.63) is 54.1 Å². The van der Waals surface area contributed by atoms with Crippen LogP contribution < -0.4 is 20.1 Å². The maximum atomic E-state index is 5.43. The average molecular weight is 330 g/mol. The molecule has 5 heteroatoms. The molecule has 122 valence electrons. The van der Waals surface area contributed by atoms with E-state index in [1.807, 2.05) is 43.3 Å². The van der Waals surface area contributed by atoms with E-state index in [4.69, 9.17) is 21.7 Å². The summed E-state index contributed by atoms with van der Waals surface area (Å²) in [5, 5.41) is 6.96. The number of rotatable bonds is 7. The van der Waals surface area contributed by atoms with Crippen molar-refractivity contribution in [1.29, 1.82) is 0 Å². The molecule has 0 saturated heterocycles. The summed E-state index contributed by atoms with van der Waals surface area (Å²) in [5.74, 6) is 1.70. The number of hydrogen-bond acceptors (Lipinski definition) is 3. The van der Waals surface area contributed by atoms with Gasteiger partial charge in [-0.25, -0.2) is 0 Å². The molecule has 0 radical (unpaired) electrons. The van der Waals surface area contributed by atoms with E-state index in [-0.39, 0.29) is 0 Å². The Kier molecular flexibility index (Phi) is 6.69. The third-order valence-electron chi connectivity index (χ3n) is 3.26. The zero-order chi connectivity index (χ0) is 16.5. The van der Waals surface area contributed by atoms with Gasteiger partial charge in [0.1, 0.15) is 11.5 Å². The molecule has 0 bridgehead atoms. The Balaban J connectivity index is 1.75. The van der Waals surface area contributed by atoms with Crippen molar-refractivity contribution >= 4 is 23.0 Å². The molecule has 4 nitrogen and oxygen atoms in total. The fourth-order valence-electron chi connectivity index (χ4n) is 2.12. The van der Waals surface area contributed by atoms with E-state index in [1.165, 1.54) is 5.56 Å². The van der Waals surface area contributed by atoms with E-state index in [0.29, 0.717) is 11.7 Å². The molecule has 2 N–H and O–H groups in total. The Hall–Kier alpha value is -2.27. The second kappa shape index (κ2) is 9.00. The number of methoxy groups -OCH3 is 1. The van der Waals surface area contributed by atoms with Crippen molar-refractivity contribution in [2.45, 2.75) is 13.3 Å². The van der Waals surface area contributed by atoms with E-state index in [1.54, 1.807) is 7.11 Å². The summed E-state index contributed by atoms with van der Waals surface area (Å²) in [6, 6.07) is 15.8. The molecule has 0 saturated carbocycles. The first-order chi connectivity index (χ1) is 11.2. The Morgan fingerprint density at radius 2 is 1.87 bits per heavy atom. The molecule has 0 atom stereocenters. The number of hydrogen-bond donors (Lipinski definition) is 2. The molecule has 23 heavy (non-hydrogen) atoms. The van der Waals surface area contributed by atoms with Gasteiger partial charge in [-0.15, -0.1) is 0 Å². The lowest BCUT2D eigenvalue weighted by atomic mass is 10.1. The standard InChI is InChI=1S/C18H22N2O2S/c1-3-22-16-9-7-14(8-10-16)11-12-19-18(23)20-15-5-4-6-17(13-15)21-2/h4-10,13H,3,11-12H2,1-2H3,(H2,19,20,23). The van der Waals surface area contributed by atoms with E-state index in [9.17, 15) is 0 Å². The van der Waals surface area contributed by atoms with Gasteiger partial charge < -0.3 is 20.1 Å². The van der Waals surface area contributed by atoms with Crippen molar-refractivity contribution in [1.82, 2.24) is 5.32 Å². The lowest BCUT2D eigenvalue weighted by molar-refractivity contribution is 0.340. The van der Waals surface area contributed by atoms with Gasteiger partial charge in [0.15, 0.2) is 5.11 Å². The van der Waals surface area contributed by atoms with Gasteiger partial charge in [0.05, 0.1) is 13.7 Å². The summed E-state index contributed by atoms with van der Waals surface area (Å²) < 4.78 is 10.6. The van der Waals surface area contributed by atoms with Crippen LogP contribution >= 0.6 is 12.2 Å². The van der Waals surface area contributed by atoms with Crippen LogP contribution in [-0.4, -0.2) is 25.4 Å². The van der Waals surface area contributed by atoms with Crippen molar-refractivity contribution < 1.29 is 9.47 Å². The SMILES string of the molecule is CCOc1ccc(CCNC(=S)Nc2cccc(OC)c2)cc1. The molecule has 0 heterocycles. The summed E-state index contributed by atoms with van der Waals surface area (Å²) in [6.07, 6.45) is 0.895. The van der Waals surface area contributed by atoms with E-state index in [0.717, 1.165) is 30.2 Å². The Morgan fingerprint density at radius 3 is 2.57 bits per heavy atom. The summed E-state index contributed by atoms with van der Waals surface area (Å²) in [5.41, 5.74) is 2.15. The number of benzene rings is 2. The van der Waals surface area contributed by atoms with Crippen LogP contribution in [-0.2, 0) is 6.42 Å². The topological polar surface area (TPSA) is 42.5 Å². The minimum absolute atomic E-state index is 0.601. The first kappa shape index (κ1) is 17.1. The molecule has 0 aliphatic heterocycles. The Labute approximate surface area is 142 Å². The number of thiocarbonyl (C=S) groups is 1. The number of ether oxygens (including phenoxy) is 2. The first-order valence-electron chi connectivity index (χ1n) is 7.62. The molecule has 0 spiro atoms. The van der Waals surface area contributed by atoms with Crippen LogP contribution in [0.3, 0.4) is 0 Å². The van der Waals surface area contributed by atoms with E-state index < -0.39 is 0 Å². The zero-order valence-corrected chi connectivity index (χ0v) is 14.3. The lowest BCUT2D eigenvalue weighted by Gasteiger charge is -2.11. The Morgan fingerprint density at radius 1 is 1.09 bits per heavy atom. The fourth-order valence-corrected chi connectivity index (χ4v) is 2.34. The van der Waals surface area contributed by atoms with E-state index >= 15 is 0 Å². The first-order valence-corrected chi connectivity index (χ1v) is 8.02. The van der Waals surface area contributed by atoms with Crippen molar-refractivity contribution in [2.75, 3.05) is 25.6 Å². The molecule has 0 amide bonds. The van der Waals surface area contributed by atoms with Gasteiger partial charge in [0.25, 0.3) is 0 Å². The monoisotopic (exact) mass is 330 g/mol. The van der Waals surface area contributed by atoms with Gasteiger partial charge in [-0.1, -0.05) is 18.2 Å². The summed E-state index contributed by atoms with van der Waals surface area (Å²) >= 11 is 5.30. The molecule has 2 aromatic rings. The predicted octanol–water partition coefficient (Wildman–Crippen LogP) is 3.62. The van der Waals surface area contributed by atoms with Crippen molar-refractivity contribution in [3.63, 3.8) is 0 Å². The van der Waals surface area contributed by atoms with Crippen LogP contribution in [0.25, 0.3) is 0 Å². The highest BCUT2D eigenvalue weighted by molar-refractivity contribution is 7.80. The summed E-state index contributed by atoms with van der Waals surface area (Å²) in [7, 11) is 1.65. The molecule has 0 aliphatic rings. The zero-order valence-electron chi connectivity index (χ0n) is 13.5. The molecule has 2 rings (SSSR count). The quantitative estimate of drug-likeness (QED) is 0.759. The van der Waals surface area contributed by atoms with Crippen LogP contribution in [0.1, 0.15) is 12.5 Å². The summed E-state index contributed by atoms with van der Waals surface area (Å²) in [6.45, 7) is 3.43. The highest BCUT2D eigenvalue weighted by atomic mass is 32.1. The van der Waals surface area contributed by atoms with Gasteiger partial charge >= 0.3 is 0 Å². The minimum atomic E-state index is 0.601. The number of anilines is 1. The molecule has 0 fully saturated rings. The highest BCUT2D eigenvalue weighted by Crippen LogP contribution is 2.16. The summed E-state index contributed by atoms with van der Waals surface area (Å²) in [4.78, 5) is 0. The molecule has 0 aliphatic carbocycles. The molecular weight excluding hydrogens is 308 g/mol. The van der Waals surface area contributed by atoms with Crippen molar-refractivity contribution in [2.24, 2.45) is 0 Å². The average Bonchev–Trinajstić information content (AvgIpc) is 2.57. The molecule has 2 aromatic carbocycles. The van der Waals surface area contributed by atoms with Gasteiger partial charge in [-0.05, 0) is 55.4 Å². The molecule has 0 unspecified atom stereocenters. The fraction of sp³-hybridized carbons (Fsp3) is 0.278. The molecule has 0 aromatic heterocycles. The van der Waals surface area contributed by atoms with Gasteiger partial charge in [0, 0.05) is 18.3 Å². The van der Waals surface area contributed by atoms with Crippen LogP contribution in [0.15, 0.2) is 48.5 Å². The Bertz CT molecular complexity index is 629. The van der Waals surface area contributed by atoms with Crippen LogP contribution in [0.5, 0.6) is 11.5 Å². The van der Waals surface area contributed by atoms with E-state index in [2.05, 4.69) is 22.8 Å². The van der Waals surface area contributed by atoms with Crippen LogP contribution in [0.2, 0.25) is 0 Å². The third kappa shape index (κ3) is 5.79. The van der Waals surface area contributed by atoms with Gasteiger partial charge in [-0.2, -0.15) is 0 Å². The lowest BCUT2D eigenvalue weighted by Crippen LogP contribution is -2.30. The maximum Gasteiger partial charge on any atom is 0.170 e. The second-order valence-corrected chi connectivity index (χ2v) is 5.35. The second-order valence-electron chi connectivity index (χ2n) is 4.94.